The van der Waals surface area contributed by atoms with Crippen molar-refractivity contribution in [1.82, 2.24) is 4.90 Å². The highest BCUT2D eigenvalue weighted by molar-refractivity contribution is 5.74. The molecule has 0 saturated carbocycles. The fourth-order valence-electron chi connectivity index (χ4n) is 2.39. The predicted molar refractivity (Wildman–Crippen MR) is 74.7 cm³/mol. The summed E-state index contributed by atoms with van der Waals surface area (Å²) in [5.41, 5.74) is 0.888. The van der Waals surface area contributed by atoms with Gasteiger partial charge in [-0.1, -0.05) is 30.3 Å². The van der Waals surface area contributed by atoms with Crippen molar-refractivity contribution in [2.75, 3.05) is 19.8 Å². The van der Waals surface area contributed by atoms with E-state index in [0.717, 1.165) is 5.56 Å². The first kappa shape index (κ1) is 15.3. The molecular weight excluding hydrogens is 274 g/mol. The number of rotatable bonds is 5. The van der Waals surface area contributed by atoms with E-state index in [2.05, 4.69) is 0 Å². The Labute approximate surface area is 123 Å². The molecule has 0 aliphatic carbocycles. The van der Waals surface area contributed by atoms with Gasteiger partial charge >= 0.3 is 12.1 Å². The molecule has 2 unspecified atom stereocenters. The van der Waals surface area contributed by atoms with Crippen molar-refractivity contribution < 1.29 is 24.2 Å². The largest absolute Gasteiger partial charge is 0.481 e. The number of benzene rings is 1. The topological polar surface area (TPSA) is 76.1 Å². The second-order valence-corrected chi connectivity index (χ2v) is 4.88. The summed E-state index contributed by atoms with van der Waals surface area (Å²) in [7, 11) is 0. The van der Waals surface area contributed by atoms with Crippen molar-refractivity contribution in [2.24, 2.45) is 5.92 Å². The van der Waals surface area contributed by atoms with Gasteiger partial charge in [-0.2, -0.15) is 0 Å². The summed E-state index contributed by atoms with van der Waals surface area (Å²) in [5, 5.41) is 9.16. The molecule has 114 valence electrons. The smallest absolute Gasteiger partial charge is 0.410 e. The highest BCUT2D eigenvalue weighted by Gasteiger charge is 2.40. The Bertz CT molecular complexity index is 490. The van der Waals surface area contributed by atoms with Crippen molar-refractivity contribution in [3.8, 4) is 0 Å². The third-order valence-electron chi connectivity index (χ3n) is 3.55. The first-order valence-electron chi connectivity index (χ1n) is 6.91. The molecule has 1 aliphatic rings. The van der Waals surface area contributed by atoms with Gasteiger partial charge < -0.3 is 19.5 Å². The fourth-order valence-corrected chi connectivity index (χ4v) is 2.39. The Morgan fingerprint density at radius 1 is 1.33 bits per heavy atom. The molecule has 0 spiro atoms. The van der Waals surface area contributed by atoms with Crippen molar-refractivity contribution in [3.63, 3.8) is 0 Å². The van der Waals surface area contributed by atoms with Crippen molar-refractivity contribution in [3.05, 3.63) is 35.9 Å². The molecule has 21 heavy (non-hydrogen) atoms. The minimum Gasteiger partial charge on any atom is -0.481 e. The zero-order valence-electron chi connectivity index (χ0n) is 11.9. The van der Waals surface area contributed by atoms with Gasteiger partial charge in [0.25, 0.3) is 0 Å². The van der Waals surface area contributed by atoms with Crippen LogP contribution in [0.4, 0.5) is 4.79 Å². The quantitative estimate of drug-likeness (QED) is 0.895. The SMILES string of the molecule is CCN(C(=O)OCc1ccccc1)C1COCC1C(=O)O. The van der Waals surface area contributed by atoms with E-state index in [0.29, 0.717) is 6.54 Å². The van der Waals surface area contributed by atoms with Crippen LogP contribution in [0, 0.1) is 5.92 Å². The summed E-state index contributed by atoms with van der Waals surface area (Å²) in [4.78, 5) is 24.8. The monoisotopic (exact) mass is 293 g/mol. The molecular formula is C15H19NO5. The molecule has 0 aromatic heterocycles. The Morgan fingerprint density at radius 2 is 2.05 bits per heavy atom. The molecule has 1 heterocycles. The summed E-state index contributed by atoms with van der Waals surface area (Å²) in [5.74, 6) is -1.65. The zero-order valence-corrected chi connectivity index (χ0v) is 11.9. The molecule has 0 bridgehead atoms. The summed E-state index contributed by atoms with van der Waals surface area (Å²) in [6.45, 7) is 2.70. The van der Waals surface area contributed by atoms with Gasteiger partial charge in [0.15, 0.2) is 0 Å². The number of hydrogen-bond acceptors (Lipinski definition) is 4. The highest BCUT2D eigenvalue weighted by atomic mass is 16.6. The lowest BCUT2D eigenvalue weighted by Crippen LogP contribution is -2.46. The zero-order chi connectivity index (χ0) is 15.2. The molecule has 1 fully saturated rings. The molecule has 1 aromatic carbocycles. The van der Waals surface area contributed by atoms with Gasteiger partial charge in [0, 0.05) is 6.54 Å². The second kappa shape index (κ2) is 7.08. The number of carbonyl (C=O) groups excluding carboxylic acids is 1. The van der Waals surface area contributed by atoms with Gasteiger partial charge in [-0.05, 0) is 12.5 Å². The van der Waals surface area contributed by atoms with Crippen LogP contribution in [0.3, 0.4) is 0 Å². The lowest BCUT2D eigenvalue weighted by atomic mass is 10.0. The summed E-state index contributed by atoms with van der Waals surface area (Å²) in [6, 6.07) is 8.87. The van der Waals surface area contributed by atoms with E-state index in [1.165, 1.54) is 4.90 Å². The third kappa shape index (κ3) is 3.72. The van der Waals surface area contributed by atoms with Gasteiger partial charge in [-0.15, -0.1) is 0 Å². The Morgan fingerprint density at radius 3 is 2.67 bits per heavy atom. The summed E-state index contributed by atoms with van der Waals surface area (Å²) in [6.07, 6.45) is -0.511. The molecule has 2 rings (SSSR count). The summed E-state index contributed by atoms with van der Waals surface area (Å²) >= 11 is 0. The van der Waals surface area contributed by atoms with Crippen LogP contribution < -0.4 is 0 Å². The van der Waals surface area contributed by atoms with Crippen molar-refractivity contribution in [2.45, 2.75) is 19.6 Å². The van der Waals surface area contributed by atoms with Gasteiger partial charge in [0.2, 0.25) is 0 Å². The lowest BCUT2D eigenvalue weighted by Gasteiger charge is -2.28. The molecule has 0 radical (unpaired) electrons. The van der Waals surface area contributed by atoms with Crippen LogP contribution in [0.25, 0.3) is 0 Å². The first-order chi connectivity index (χ1) is 10.1. The fraction of sp³-hybridized carbons (Fsp3) is 0.467. The maximum Gasteiger partial charge on any atom is 0.410 e. The number of amides is 1. The summed E-state index contributed by atoms with van der Waals surface area (Å²) < 4.78 is 10.5. The molecule has 1 aromatic rings. The lowest BCUT2D eigenvalue weighted by molar-refractivity contribution is -0.142. The van der Waals surface area contributed by atoms with E-state index in [9.17, 15) is 9.59 Å². The number of likely N-dealkylation sites (N-methyl/N-ethyl adjacent to an activating group) is 1. The predicted octanol–water partition coefficient (Wildman–Crippen LogP) is 1.74. The second-order valence-electron chi connectivity index (χ2n) is 4.88. The number of hydrogen-bond donors (Lipinski definition) is 1. The van der Waals surface area contributed by atoms with E-state index < -0.39 is 24.0 Å². The molecule has 6 nitrogen and oxygen atoms in total. The Balaban J connectivity index is 1.97. The first-order valence-corrected chi connectivity index (χ1v) is 6.91. The van der Waals surface area contributed by atoms with Gasteiger partial charge in [0.1, 0.15) is 12.5 Å². The van der Waals surface area contributed by atoms with E-state index >= 15 is 0 Å². The van der Waals surface area contributed by atoms with Crippen LogP contribution in [0.2, 0.25) is 0 Å². The third-order valence-corrected chi connectivity index (χ3v) is 3.55. The maximum atomic E-state index is 12.2. The molecule has 1 N–H and O–H groups in total. The van der Waals surface area contributed by atoms with E-state index in [4.69, 9.17) is 14.6 Å². The number of carbonyl (C=O) groups is 2. The Hall–Kier alpha value is -2.08. The van der Waals surface area contributed by atoms with E-state index in [-0.39, 0.29) is 19.8 Å². The number of carboxylic acid groups (broad SMARTS) is 1. The van der Waals surface area contributed by atoms with E-state index in [1.54, 1.807) is 6.92 Å². The van der Waals surface area contributed by atoms with Crippen LogP contribution in [0.15, 0.2) is 30.3 Å². The average molecular weight is 293 g/mol. The van der Waals surface area contributed by atoms with Crippen LogP contribution in [0.5, 0.6) is 0 Å². The molecule has 6 heteroatoms. The maximum absolute atomic E-state index is 12.2. The average Bonchev–Trinajstić information content (AvgIpc) is 2.96. The number of aliphatic carboxylic acids is 1. The Kier molecular flexibility index (Phi) is 5.16. The molecule has 2 atom stereocenters. The van der Waals surface area contributed by atoms with Gasteiger partial charge in [-0.3, -0.25) is 4.79 Å². The molecule has 1 aliphatic heterocycles. The van der Waals surface area contributed by atoms with Crippen molar-refractivity contribution in [1.29, 1.82) is 0 Å². The standard InChI is InChI=1S/C15H19NO5/c1-2-16(13-10-20-9-12(13)14(17)18)15(19)21-8-11-6-4-3-5-7-11/h3-7,12-13H,2,8-10H2,1H3,(H,17,18). The van der Waals surface area contributed by atoms with Gasteiger partial charge in [0.05, 0.1) is 19.3 Å². The minimum absolute atomic E-state index is 0.127. The number of nitrogens with zero attached hydrogens (tertiary/aromatic N) is 1. The van der Waals surface area contributed by atoms with Crippen LogP contribution in [-0.4, -0.2) is 47.9 Å². The van der Waals surface area contributed by atoms with Crippen LogP contribution in [-0.2, 0) is 20.9 Å². The van der Waals surface area contributed by atoms with Crippen molar-refractivity contribution >= 4 is 12.1 Å². The number of ether oxygens (including phenoxy) is 2. The van der Waals surface area contributed by atoms with Crippen LogP contribution in [0.1, 0.15) is 12.5 Å². The normalized spacial score (nSPS) is 21.0. The van der Waals surface area contributed by atoms with E-state index in [1.807, 2.05) is 30.3 Å². The molecule has 1 saturated heterocycles. The van der Waals surface area contributed by atoms with Crippen LogP contribution >= 0.6 is 0 Å². The minimum atomic E-state index is -0.952. The molecule has 1 amide bonds. The van der Waals surface area contributed by atoms with Gasteiger partial charge in [-0.25, -0.2) is 4.79 Å². The highest BCUT2D eigenvalue weighted by Crippen LogP contribution is 2.21. The number of carboxylic acids is 1.